The average molecular weight is 268 g/mol. The number of carboxylic acids is 1. The molecule has 0 aromatic carbocycles. The number of nitrogens with one attached hydrogen (secondary N) is 2. The molecule has 102 valence electrons. The quantitative estimate of drug-likeness (QED) is 0.448. The fraction of sp³-hybridized carbons (Fsp3) is 0.375. The highest BCUT2D eigenvalue weighted by Crippen LogP contribution is 2.16. The second-order valence-electron chi connectivity index (χ2n) is 3.06. The van der Waals surface area contributed by atoms with Gasteiger partial charge in [-0.25, -0.2) is 4.79 Å². The minimum absolute atomic E-state index is 0.149. The average Bonchev–Trinajstić information content (AvgIpc) is 2.48. The summed E-state index contributed by atoms with van der Waals surface area (Å²) in [6.07, 6.45) is -5.08. The zero-order valence-corrected chi connectivity index (χ0v) is 9.42. The van der Waals surface area contributed by atoms with Crippen LogP contribution in [0.1, 0.15) is 11.3 Å². The van der Waals surface area contributed by atoms with Crippen molar-refractivity contribution in [3.05, 3.63) is 11.3 Å². The van der Waals surface area contributed by atoms with Gasteiger partial charge in [0.2, 0.25) is 5.88 Å². The van der Waals surface area contributed by atoms with Gasteiger partial charge in [-0.3, -0.25) is 10.7 Å². The molecule has 5 N–H and O–H groups in total. The first-order valence-electron chi connectivity index (χ1n) is 4.39. The molecule has 1 aromatic heterocycles. The van der Waals surface area contributed by atoms with E-state index in [0.717, 1.165) is 11.3 Å². The second kappa shape index (κ2) is 5.89. The summed E-state index contributed by atoms with van der Waals surface area (Å²) in [5.74, 6) is -2.47. The maximum Gasteiger partial charge on any atom is 0.490 e. The van der Waals surface area contributed by atoms with E-state index in [1.807, 2.05) is 13.8 Å². The third kappa shape index (κ3) is 5.18. The van der Waals surface area contributed by atoms with Crippen LogP contribution in [0.5, 0.6) is 0 Å². The lowest BCUT2D eigenvalue weighted by Gasteiger charge is -1.97. The van der Waals surface area contributed by atoms with Crippen molar-refractivity contribution in [3.8, 4) is 0 Å². The van der Waals surface area contributed by atoms with E-state index in [1.54, 1.807) is 0 Å². The fourth-order valence-corrected chi connectivity index (χ4v) is 0.654. The van der Waals surface area contributed by atoms with Crippen molar-refractivity contribution < 1.29 is 27.6 Å². The first kappa shape index (κ1) is 15.7. The van der Waals surface area contributed by atoms with Crippen molar-refractivity contribution in [2.75, 3.05) is 5.32 Å². The molecule has 1 heterocycles. The maximum absolute atomic E-state index is 10.6. The van der Waals surface area contributed by atoms with Gasteiger partial charge in [-0.05, 0) is 13.8 Å². The largest absolute Gasteiger partial charge is 0.490 e. The molecule has 0 saturated heterocycles. The number of guanidine groups is 1. The second-order valence-corrected chi connectivity index (χ2v) is 3.06. The Hall–Kier alpha value is -2.26. The van der Waals surface area contributed by atoms with Crippen molar-refractivity contribution in [3.63, 3.8) is 0 Å². The molecule has 0 amide bonds. The molecule has 0 saturated carbocycles. The fourth-order valence-electron chi connectivity index (χ4n) is 0.654. The number of carbonyl (C=O) groups is 1. The lowest BCUT2D eigenvalue weighted by Crippen LogP contribution is -2.21. The van der Waals surface area contributed by atoms with E-state index in [-0.39, 0.29) is 5.96 Å². The lowest BCUT2D eigenvalue weighted by molar-refractivity contribution is -0.192. The molecule has 18 heavy (non-hydrogen) atoms. The summed E-state index contributed by atoms with van der Waals surface area (Å²) in [5, 5.41) is 20.2. The minimum atomic E-state index is -5.08. The first-order valence-corrected chi connectivity index (χ1v) is 4.39. The van der Waals surface area contributed by atoms with Gasteiger partial charge in [-0.2, -0.15) is 13.2 Å². The van der Waals surface area contributed by atoms with Crippen molar-refractivity contribution in [2.45, 2.75) is 20.0 Å². The van der Waals surface area contributed by atoms with Crippen LogP contribution in [0.2, 0.25) is 0 Å². The predicted octanol–water partition coefficient (Wildman–Crippen LogP) is 1.23. The Kier molecular flexibility index (Phi) is 5.15. The van der Waals surface area contributed by atoms with Crippen LogP contribution in [0.4, 0.5) is 19.1 Å². The Balaban J connectivity index is 0.000000360. The number of hydrogen-bond acceptors (Lipinski definition) is 4. The highest BCUT2D eigenvalue weighted by molar-refractivity contribution is 5.88. The van der Waals surface area contributed by atoms with Crippen LogP contribution in [0.15, 0.2) is 4.52 Å². The molecule has 10 heteroatoms. The van der Waals surface area contributed by atoms with Gasteiger partial charge in [-0.15, -0.1) is 0 Å². The molecule has 0 aliphatic rings. The van der Waals surface area contributed by atoms with Crippen LogP contribution in [0.25, 0.3) is 0 Å². The Labute approximate surface area is 99.3 Å². The van der Waals surface area contributed by atoms with E-state index >= 15 is 0 Å². The summed E-state index contributed by atoms with van der Waals surface area (Å²) in [6.45, 7) is 3.67. The van der Waals surface area contributed by atoms with E-state index < -0.39 is 12.1 Å². The standard InChI is InChI=1S/C6H10N4O.C2HF3O2/c1-3-4(2)10-11-5(3)9-6(7)8;3-2(4,5)1(6)7/h1-2H3,(H4,7,8,9);(H,6,7). The third-order valence-corrected chi connectivity index (χ3v) is 1.65. The SMILES string of the molecule is Cc1noc(NC(=N)N)c1C.O=C(O)C(F)(F)F. The van der Waals surface area contributed by atoms with E-state index in [1.165, 1.54) is 0 Å². The number of aliphatic carboxylic acids is 1. The number of alkyl halides is 3. The van der Waals surface area contributed by atoms with Crippen LogP contribution in [-0.4, -0.2) is 28.4 Å². The highest BCUT2D eigenvalue weighted by atomic mass is 19.4. The van der Waals surface area contributed by atoms with Crippen LogP contribution < -0.4 is 11.1 Å². The van der Waals surface area contributed by atoms with Crippen LogP contribution >= 0.6 is 0 Å². The normalized spacial score (nSPS) is 10.3. The van der Waals surface area contributed by atoms with Gasteiger partial charge >= 0.3 is 12.1 Å². The van der Waals surface area contributed by atoms with Crippen molar-refractivity contribution in [1.29, 1.82) is 5.41 Å². The molecular weight excluding hydrogens is 257 g/mol. The monoisotopic (exact) mass is 268 g/mol. The molecule has 1 aromatic rings. The molecule has 0 aliphatic carbocycles. The summed E-state index contributed by atoms with van der Waals surface area (Å²) in [7, 11) is 0. The lowest BCUT2D eigenvalue weighted by atomic mass is 10.3. The summed E-state index contributed by atoms with van der Waals surface area (Å²) >= 11 is 0. The Morgan fingerprint density at radius 3 is 2.17 bits per heavy atom. The van der Waals surface area contributed by atoms with Gasteiger partial charge < -0.3 is 15.4 Å². The number of rotatable bonds is 1. The first-order chi connectivity index (χ1) is 8.05. The van der Waals surface area contributed by atoms with Crippen LogP contribution in [0.3, 0.4) is 0 Å². The van der Waals surface area contributed by atoms with Crippen molar-refractivity contribution >= 4 is 17.8 Å². The summed E-state index contributed by atoms with van der Waals surface area (Å²) in [4.78, 5) is 8.90. The predicted molar refractivity (Wildman–Crippen MR) is 55.2 cm³/mol. The summed E-state index contributed by atoms with van der Waals surface area (Å²) < 4.78 is 36.6. The maximum atomic E-state index is 10.6. The number of hydrogen-bond donors (Lipinski definition) is 4. The van der Waals surface area contributed by atoms with Gasteiger partial charge in [0.25, 0.3) is 0 Å². The molecule has 0 atom stereocenters. The number of nitrogens with zero attached hydrogens (tertiary/aromatic N) is 1. The number of aryl methyl sites for hydroxylation is 1. The van der Waals surface area contributed by atoms with E-state index in [2.05, 4.69) is 10.5 Å². The smallest absolute Gasteiger partial charge is 0.475 e. The number of halogens is 3. The van der Waals surface area contributed by atoms with E-state index in [4.69, 9.17) is 25.6 Å². The number of anilines is 1. The number of nitrogens with two attached hydrogens (primary N) is 1. The van der Waals surface area contributed by atoms with Gasteiger partial charge in [-0.1, -0.05) is 5.16 Å². The summed E-state index contributed by atoms with van der Waals surface area (Å²) in [6, 6.07) is 0. The Morgan fingerprint density at radius 2 is 1.94 bits per heavy atom. The zero-order chi connectivity index (χ0) is 14.5. The van der Waals surface area contributed by atoms with Gasteiger partial charge in [0.15, 0.2) is 5.96 Å². The molecule has 7 nitrogen and oxygen atoms in total. The molecule has 0 spiro atoms. The third-order valence-electron chi connectivity index (χ3n) is 1.65. The van der Waals surface area contributed by atoms with Gasteiger partial charge in [0.05, 0.1) is 5.69 Å². The van der Waals surface area contributed by atoms with Gasteiger partial charge in [0.1, 0.15) is 0 Å². The number of carboxylic acid groups (broad SMARTS) is 1. The molecular formula is C8H11F3N4O3. The van der Waals surface area contributed by atoms with Gasteiger partial charge in [0, 0.05) is 5.56 Å². The minimum Gasteiger partial charge on any atom is -0.475 e. The Bertz CT molecular complexity index is 441. The van der Waals surface area contributed by atoms with Crippen LogP contribution in [-0.2, 0) is 4.79 Å². The molecule has 0 fully saturated rings. The Morgan fingerprint density at radius 1 is 1.50 bits per heavy atom. The number of aromatic nitrogens is 1. The molecule has 0 unspecified atom stereocenters. The summed E-state index contributed by atoms with van der Waals surface area (Å²) in [5.41, 5.74) is 6.76. The van der Waals surface area contributed by atoms with Crippen LogP contribution in [0, 0.1) is 19.3 Å². The zero-order valence-electron chi connectivity index (χ0n) is 9.42. The molecule has 0 radical (unpaired) electrons. The molecule has 0 bridgehead atoms. The van der Waals surface area contributed by atoms with Crippen molar-refractivity contribution in [2.24, 2.45) is 5.73 Å². The van der Waals surface area contributed by atoms with E-state index in [0.29, 0.717) is 5.88 Å². The van der Waals surface area contributed by atoms with E-state index in [9.17, 15) is 13.2 Å². The van der Waals surface area contributed by atoms with Crippen molar-refractivity contribution in [1.82, 2.24) is 5.16 Å². The molecule has 1 rings (SSSR count). The molecule has 0 aliphatic heterocycles. The topological polar surface area (TPSA) is 125 Å². The highest BCUT2D eigenvalue weighted by Gasteiger charge is 2.38.